The Morgan fingerprint density at radius 1 is 1.56 bits per heavy atom. The molecule has 0 amide bonds. The van der Waals surface area contributed by atoms with Gasteiger partial charge in [-0.1, -0.05) is 0 Å². The number of hydrogen-bond acceptors (Lipinski definition) is 4. The van der Waals surface area contributed by atoms with E-state index in [0.29, 0.717) is 0 Å². The monoisotopic (exact) mass is 135 g/mol. The third-order valence-electron chi connectivity index (χ3n) is 1.21. The van der Waals surface area contributed by atoms with Crippen LogP contribution in [0, 0.1) is 0 Å². The van der Waals surface area contributed by atoms with E-state index in [2.05, 4.69) is 0 Å². The van der Waals surface area contributed by atoms with Gasteiger partial charge in [0.25, 0.3) is 0 Å². The molecule has 0 radical (unpaired) electrons. The van der Waals surface area contributed by atoms with E-state index in [1.54, 1.807) is 6.92 Å². The third kappa shape index (κ3) is 3.42. The highest BCUT2D eigenvalue weighted by molar-refractivity contribution is 4.65. The average Bonchev–Trinajstić information content (AvgIpc) is 1.87. The minimum Gasteiger partial charge on any atom is -0.396 e. The first-order valence-electron chi connectivity index (χ1n) is 2.91. The van der Waals surface area contributed by atoms with Crippen LogP contribution in [0.2, 0.25) is 0 Å². The lowest BCUT2D eigenvalue weighted by atomic mass is 10.1. The number of nitrogens with one attached hydrogen (secondary N) is 1. The Morgan fingerprint density at radius 3 is 2.44 bits per heavy atom. The van der Waals surface area contributed by atoms with Crippen molar-refractivity contribution in [3.8, 4) is 0 Å². The summed E-state index contributed by atoms with van der Waals surface area (Å²) in [5.74, 6) is 0. The Labute approximate surface area is 54.1 Å². The Hall–Kier alpha value is -0.160. The summed E-state index contributed by atoms with van der Waals surface area (Å²) < 4.78 is 0. The molecule has 4 nitrogen and oxygen atoms in total. The van der Waals surface area contributed by atoms with Gasteiger partial charge >= 0.3 is 0 Å². The summed E-state index contributed by atoms with van der Waals surface area (Å²) in [6.45, 7) is 1.56. The zero-order valence-electron chi connectivity index (χ0n) is 5.41. The van der Waals surface area contributed by atoms with Crippen molar-refractivity contribution >= 4 is 0 Å². The second kappa shape index (κ2) is 4.69. The van der Waals surface area contributed by atoms with Crippen molar-refractivity contribution in [3.05, 3.63) is 0 Å². The lowest BCUT2D eigenvalue weighted by Crippen LogP contribution is -2.35. The second-order valence-corrected chi connectivity index (χ2v) is 2.00. The van der Waals surface area contributed by atoms with E-state index in [9.17, 15) is 0 Å². The van der Waals surface area contributed by atoms with Gasteiger partial charge in [0.2, 0.25) is 0 Å². The predicted octanol–water partition coefficient (Wildman–Crippen LogP) is -0.903. The van der Waals surface area contributed by atoms with E-state index >= 15 is 0 Å². The quantitative estimate of drug-likeness (QED) is 0.377. The number of aliphatic hydroxyl groups is 2. The molecule has 2 atom stereocenters. The standard InChI is InChI=1S/C5H13NO3/c1-4(6-9)5(8)2-3-7/h4-9H,2-3H2,1H3. The SMILES string of the molecule is CC(NO)C(O)CCO. The fourth-order valence-corrected chi connectivity index (χ4v) is 0.468. The number of hydrogen-bond donors (Lipinski definition) is 4. The van der Waals surface area contributed by atoms with Gasteiger partial charge in [-0.25, -0.2) is 5.48 Å². The van der Waals surface area contributed by atoms with Crippen LogP contribution in [0.15, 0.2) is 0 Å². The van der Waals surface area contributed by atoms with Crippen molar-refractivity contribution in [1.82, 2.24) is 5.48 Å². The number of hydroxylamine groups is 1. The molecule has 0 aliphatic rings. The maximum Gasteiger partial charge on any atom is 0.0735 e. The first kappa shape index (κ1) is 8.84. The van der Waals surface area contributed by atoms with Crippen molar-refractivity contribution in [3.63, 3.8) is 0 Å². The van der Waals surface area contributed by atoms with E-state index in [1.807, 2.05) is 5.48 Å². The molecular formula is C5H13NO3. The highest BCUT2D eigenvalue weighted by Gasteiger charge is 2.10. The largest absolute Gasteiger partial charge is 0.396 e. The minimum absolute atomic E-state index is 0.0623. The first-order valence-corrected chi connectivity index (χ1v) is 2.91. The molecule has 0 saturated carbocycles. The van der Waals surface area contributed by atoms with Gasteiger partial charge in [0.05, 0.1) is 12.1 Å². The summed E-state index contributed by atoms with van der Waals surface area (Å²) >= 11 is 0. The van der Waals surface area contributed by atoms with Crippen LogP contribution in [-0.4, -0.2) is 34.2 Å². The van der Waals surface area contributed by atoms with Crippen LogP contribution < -0.4 is 5.48 Å². The predicted molar refractivity (Wildman–Crippen MR) is 32.1 cm³/mol. The Morgan fingerprint density at radius 2 is 2.11 bits per heavy atom. The van der Waals surface area contributed by atoms with Gasteiger partial charge in [-0.05, 0) is 13.3 Å². The van der Waals surface area contributed by atoms with Crippen LogP contribution in [0.25, 0.3) is 0 Å². The first-order chi connectivity index (χ1) is 4.22. The molecule has 0 rings (SSSR count). The van der Waals surface area contributed by atoms with Crippen LogP contribution in [0.5, 0.6) is 0 Å². The molecule has 56 valence electrons. The van der Waals surface area contributed by atoms with Crippen molar-refractivity contribution in [2.45, 2.75) is 25.5 Å². The van der Waals surface area contributed by atoms with Crippen LogP contribution in [-0.2, 0) is 0 Å². The highest BCUT2D eigenvalue weighted by Crippen LogP contribution is 1.95. The van der Waals surface area contributed by atoms with Gasteiger partial charge < -0.3 is 15.4 Å². The summed E-state index contributed by atoms with van der Waals surface area (Å²) in [6, 6.07) is -0.378. The van der Waals surface area contributed by atoms with Gasteiger partial charge in [-0.15, -0.1) is 0 Å². The molecule has 4 heteroatoms. The number of rotatable bonds is 4. The number of aliphatic hydroxyl groups excluding tert-OH is 2. The van der Waals surface area contributed by atoms with E-state index in [1.165, 1.54) is 0 Å². The fraction of sp³-hybridized carbons (Fsp3) is 1.00. The summed E-state index contributed by atoms with van der Waals surface area (Å²) in [5.41, 5.74) is 1.89. The second-order valence-electron chi connectivity index (χ2n) is 2.00. The molecule has 0 aromatic carbocycles. The lowest BCUT2D eigenvalue weighted by molar-refractivity contribution is 0.0346. The van der Waals surface area contributed by atoms with Gasteiger partial charge in [-0.2, -0.15) is 0 Å². The molecule has 0 heterocycles. The zero-order chi connectivity index (χ0) is 7.28. The maximum absolute atomic E-state index is 8.94. The molecule has 0 aliphatic heterocycles. The summed E-state index contributed by atoms with van der Waals surface area (Å²) in [7, 11) is 0. The van der Waals surface area contributed by atoms with Gasteiger partial charge in [-0.3, -0.25) is 0 Å². The smallest absolute Gasteiger partial charge is 0.0735 e. The normalized spacial score (nSPS) is 17.3. The molecule has 0 spiro atoms. The molecule has 0 aromatic rings. The van der Waals surface area contributed by atoms with Gasteiger partial charge in [0.15, 0.2) is 0 Å². The van der Waals surface area contributed by atoms with E-state index in [-0.39, 0.29) is 19.1 Å². The molecule has 2 unspecified atom stereocenters. The van der Waals surface area contributed by atoms with Crippen molar-refractivity contribution in [1.29, 1.82) is 0 Å². The van der Waals surface area contributed by atoms with Crippen molar-refractivity contribution in [2.24, 2.45) is 0 Å². The van der Waals surface area contributed by atoms with E-state index in [0.717, 1.165) is 0 Å². The summed E-state index contributed by atoms with van der Waals surface area (Å²) in [4.78, 5) is 0. The van der Waals surface area contributed by atoms with Crippen LogP contribution in [0.4, 0.5) is 0 Å². The molecule has 0 bridgehead atoms. The summed E-state index contributed by atoms with van der Waals surface area (Å²) in [6.07, 6.45) is -0.394. The fourth-order valence-electron chi connectivity index (χ4n) is 0.468. The highest BCUT2D eigenvalue weighted by atomic mass is 16.5. The molecule has 9 heavy (non-hydrogen) atoms. The van der Waals surface area contributed by atoms with Crippen molar-refractivity contribution < 1.29 is 15.4 Å². The van der Waals surface area contributed by atoms with Crippen LogP contribution >= 0.6 is 0 Å². The topological polar surface area (TPSA) is 72.7 Å². The molecule has 0 fully saturated rings. The molecule has 4 N–H and O–H groups in total. The Balaban J connectivity index is 3.32. The van der Waals surface area contributed by atoms with E-state index in [4.69, 9.17) is 15.4 Å². The third-order valence-corrected chi connectivity index (χ3v) is 1.21. The Kier molecular flexibility index (Phi) is 4.61. The summed E-state index contributed by atoms with van der Waals surface area (Å²) in [5, 5.41) is 25.5. The molecule has 0 saturated heterocycles. The minimum atomic E-state index is -0.681. The van der Waals surface area contributed by atoms with Crippen LogP contribution in [0.1, 0.15) is 13.3 Å². The Bertz CT molecular complexity index is 69.2. The van der Waals surface area contributed by atoms with Gasteiger partial charge in [0, 0.05) is 6.61 Å². The molecule has 0 aromatic heterocycles. The van der Waals surface area contributed by atoms with Gasteiger partial charge in [0.1, 0.15) is 0 Å². The van der Waals surface area contributed by atoms with Crippen molar-refractivity contribution in [2.75, 3.05) is 6.61 Å². The van der Waals surface area contributed by atoms with E-state index < -0.39 is 6.10 Å². The molecule has 0 aliphatic carbocycles. The molecular weight excluding hydrogens is 122 g/mol. The maximum atomic E-state index is 8.94. The van der Waals surface area contributed by atoms with Crippen LogP contribution in [0.3, 0.4) is 0 Å². The average molecular weight is 135 g/mol. The lowest BCUT2D eigenvalue weighted by Gasteiger charge is -2.14. The zero-order valence-corrected chi connectivity index (χ0v) is 5.41.